The van der Waals surface area contributed by atoms with Crippen LogP contribution in [0.15, 0.2) is 0 Å². The van der Waals surface area contributed by atoms with Gasteiger partial charge >= 0.3 is 0 Å². The summed E-state index contributed by atoms with van der Waals surface area (Å²) in [4.78, 5) is 12.9. The normalized spacial score (nSPS) is 41.6. The number of carbonyl (C=O) groups excluding carboxylic acids is 1. The Morgan fingerprint density at radius 1 is 1.73 bits per heavy atom. The maximum Gasteiger partial charge on any atom is 0.219 e. The molecule has 0 aromatic carbocycles. The van der Waals surface area contributed by atoms with E-state index in [2.05, 4.69) is 0 Å². The largest absolute Gasteiger partial charge is 0.341 e. The van der Waals surface area contributed by atoms with Crippen molar-refractivity contribution in [3.8, 4) is 0 Å². The smallest absolute Gasteiger partial charge is 0.219 e. The first-order chi connectivity index (χ1) is 5.12. The maximum absolute atomic E-state index is 11.0. The van der Waals surface area contributed by atoms with E-state index in [4.69, 9.17) is 5.73 Å². The van der Waals surface area contributed by atoms with Crippen LogP contribution in [0.5, 0.6) is 0 Å². The Morgan fingerprint density at radius 3 is 2.73 bits per heavy atom. The Balaban J connectivity index is 2.08. The van der Waals surface area contributed by atoms with Crippen LogP contribution in [0.1, 0.15) is 19.8 Å². The lowest BCUT2D eigenvalue weighted by Gasteiger charge is -2.39. The summed E-state index contributed by atoms with van der Waals surface area (Å²) in [5.74, 6) is 0.760. The predicted octanol–water partition coefficient (Wildman–Crippen LogP) is -0.0440. The molecule has 1 heterocycles. The highest BCUT2D eigenvalue weighted by Crippen LogP contribution is 2.42. The van der Waals surface area contributed by atoms with Gasteiger partial charge in [0.2, 0.25) is 5.91 Å². The molecule has 1 aliphatic carbocycles. The number of likely N-dealkylation sites (tertiary alicyclic amines) is 1. The van der Waals surface area contributed by atoms with E-state index >= 15 is 0 Å². The second kappa shape index (κ2) is 1.97. The molecule has 3 nitrogen and oxygen atoms in total. The molecule has 2 rings (SSSR count). The molecule has 2 fully saturated rings. The molecule has 1 saturated heterocycles. The Bertz CT molecular complexity index is 204. The first-order valence-corrected chi connectivity index (χ1v) is 4.16. The Morgan fingerprint density at radius 2 is 2.45 bits per heavy atom. The van der Waals surface area contributed by atoms with Crippen molar-refractivity contribution in [2.75, 3.05) is 13.1 Å². The Labute approximate surface area is 66.5 Å². The highest BCUT2D eigenvalue weighted by Gasteiger charge is 2.50. The molecule has 0 bridgehead atoms. The molecule has 2 aliphatic rings. The third-order valence-corrected chi connectivity index (χ3v) is 3.14. The molecule has 2 unspecified atom stereocenters. The number of nitrogens with zero attached hydrogens (tertiary/aromatic N) is 1. The van der Waals surface area contributed by atoms with E-state index in [1.165, 1.54) is 6.42 Å². The summed E-state index contributed by atoms with van der Waals surface area (Å²) < 4.78 is 0. The van der Waals surface area contributed by atoms with Crippen LogP contribution in [0.3, 0.4) is 0 Å². The maximum atomic E-state index is 11.0. The number of carbonyl (C=O) groups is 1. The number of fused-ring (bicyclic) bond motifs is 1. The first kappa shape index (κ1) is 7.10. The van der Waals surface area contributed by atoms with E-state index in [-0.39, 0.29) is 11.4 Å². The van der Waals surface area contributed by atoms with Gasteiger partial charge in [0.05, 0.1) is 0 Å². The van der Waals surface area contributed by atoms with Crippen LogP contribution in [-0.2, 0) is 4.79 Å². The van der Waals surface area contributed by atoms with Gasteiger partial charge in [0.1, 0.15) is 0 Å². The van der Waals surface area contributed by atoms with Crippen LogP contribution in [0.4, 0.5) is 0 Å². The predicted molar refractivity (Wildman–Crippen MR) is 41.9 cm³/mol. The van der Waals surface area contributed by atoms with Gasteiger partial charge in [-0.15, -0.1) is 0 Å². The number of hydrogen-bond donors (Lipinski definition) is 1. The van der Waals surface area contributed by atoms with Gasteiger partial charge in [-0.1, -0.05) is 0 Å². The molecule has 0 aromatic rings. The summed E-state index contributed by atoms with van der Waals surface area (Å²) >= 11 is 0. The zero-order valence-electron chi connectivity index (χ0n) is 6.84. The van der Waals surface area contributed by atoms with E-state index in [1.54, 1.807) is 6.92 Å². The quantitative estimate of drug-likeness (QED) is 0.532. The fourth-order valence-corrected chi connectivity index (χ4v) is 2.13. The zero-order chi connectivity index (χ0) is 8.06. The summed E-state index contributed by atoms with van der Waals surface area (Å²) in [6.07, 6.45) is 2.31. The lowest BCUT2D eigenvalue weighted by Crippen LogP contribution is -2.54. The number of nitrogens with two attached hydrogens (primary N) is 1. The summed E-state index contributed by atoms with van der Waals surface area (Å²) in [6.45, 7) is 3.30. The summed E-state index contributed by atoms with van der Waals surface area (Å²) in [5.41, 5.74) is 6.03. The third kappa shape index (κ3) is 0.872. The minimum atomic E-state index is -0.00826. The lowest BCUT2D eigenvalue weighted by molar-refractivity contribution is -0.127. The van der Waals surface area contributed by atoms with Gasteiger partial charge in [0.15, 0.2) is 0 Å². The van der Waals surface area contributed by atoms with Gasteiger partial charge in [-0.05, 0) is 18.8 Å². The van der Waals surface area contributed by atoms with E-state index in [0.717, 1.165) is 19.5 Å². The minimum Gasteiger partial charge on any atom is -0.341 e. The molecule has 2 atom stereocenters. The highest BCUT2D eigenvalue weighted by atomic mass is 16.2. The average molecular weight is 154 g/mol. The minimum absolute atomic E-state index is 0.00826. The van der Waals surface area contributed by atoms with Gasteiger partial charge in [-0.3, -0.25) is 4.79 Å². The summed E-state index contributed by atoms with van der Waals surface area (Å²) in [7, 11) is 0. The van der Waals surface area contributed by atoms with Crippen molar-refractivity contribution in [2.45, 2.75) is 25.3 Å². The van der Waals surface area contributed by atoms with E-state index in [1.807, 2.05) is 4.90 Å². The third-order valence-electron chi connectivity index (χ3n) is 3.14. The molecule has 11 heavy (non-hydrogen) atoms. The molecule has 1 aliphatic heterocycles. The molecule has 0 radical (unpaired) electrons. The van der Waals surface area contributed by atoms with Gasteiger partial charge in [-0.2, -0.15) is 0 Å². The average Bonchev–Trinajstić information content (AvgIpc) is 2.13. The van der Waals surface area contributed by atoms with Crippen molar-refractivity contribution in [3.05, 3.63) is 0 Å². The zero-order valence-corrected chi connectivity index (χ0v) is 6.84. The van der Waals surface area contributed by atoms with Crippen LogP contribution in [0, 0.1) is 5.92 Å². The molecule has 2 N–H and O–H groups in total. The van der Waals surface area contributed by atoms with Crippen molar-refractivity contribution >= 4 is 5.91 Å². The number of hydrogen-bond acceptors (Lipinski definition) is 2. The van der Waals surface area contributed by atoms with Gasteiger partial charge in [0, 0.05) is 25.6 Å². The van der Waals surface area contributed by atoms with Gasteiger partial charge in [-0.25, -0.2) is 0 Å². The van der Waals surface area contributed by atoms with Crippen molar-refractivity contribution in [3.63, 3.8) is 0 Å². The van der Waals surface area contributed by atoms with Crippen molar-refractivity contribution in [1.82, 2.24) is 4.90 Å². The molecule has 0 spiro atoms. The molecule has 3 heteroatoms. The van der Waals surface area contributed by atoms with E-state index < -0.39 is 0 Å². The lowest BCUT2D eigenvalue weighted by atomic mass is 9.70. The van der Waals surface area contributed by atoms with Crippen molar-refractivity contribution < 1.29 is 4.79 Å². The van der Waals surface area contributed by atoms with Crippen LogP contribution < -0.4 is 5.73 Å². The molecular weight excluding hydrogens is 140 g/mol. The molecule has 1 amide bonds. The summed E-state index contributed by atoms with van der Waals surface area (Å²) in [6, 6.07) is 0. The number of rotatable bonds is 0. The fourth-order valence-electron chi connectivity index (χ4n) is 2.13. The second-order valence-electron chi connectivity index (χ2n) is 3.87. The molecular formula is C8H14N2O. The van der Waals surface area contributed by atoms with Crippen LogP contribution in [0.2, 0.25) is 0 Å². The topological polar surface area (TPSA) is 46.3 Å². The van der Waals surface area contributed by atoms with E-state index in [9.17, 15) is 4.79 Å². The Hall–Kier alpha value is -0.570. The van der Waals surface area contributed by atoms with Crippen molar-refractivity contribution in [1.29, 1.82) is 0 Å². The van der Waals surface area contributed by atoms with Gasteiger partial charge < -0.3 is 10.6 Å². The van der Waals surface area contributed by atoms with Crippen molar-refractivity contribution in [2.24, 2.45) is 11.7 Å². The Kier molecular flexibility index (Phi) is 1.27. The number of amides is 1. The first-order valence-electron chi connectivity index (χ1n) is 4.16. The monoisotopic (exact) mass is 154 g/mol. The van der Waals surface area contributed by atoms with Crippen LogP contribution in [0.25, 0.3) is 0 Å². The molecule has 0 aromatic heterocycles. The highest BCUT2D eigenvalue weighted by molar-refractivity contribution is 5.74. The van der Waals surface area contributed by atoms with Crippen LogP contribution in [-0.4, -0.2) is 29.4 Å². The second-order valence-corrected chi connectivity index (χ2v) is 3.87. The van der Waals surface area contributed by atoms with E-state index in [0.29, 0.717) is 5.92 Å². The molecule has 62 valence electrons. The molecule has 1 saturated carbocycles. The SMILES string of the molecule is CC(=O)N1CC2CCC2(N)C1. The standard InChI is InChI=1S/C8H14N2O/c1-6(11)10-4-7-2-3-8(7,9)5-10/h7H,2-5,9H2,1H3. The summed E-state index contributed by atoms with van der Waals surface area (Å²) in [5, 5.41) is 0. The van der Waals surface area contributed by atoms with Gasteiger partial charge in [0.25, 0.3) is 0 Å². The van der Waals surface area contributed by atoms with Crippen LogP contribution >= 0.6 is 0 Å². The fraction of sp³-hybridized carbons (Fsp3) is 0.875.